The Hall–Kier alpha value is -0.940. The Morgan fingerprint density at radius 1 is 1.61 bits per heavy atom. The van der Waals surface area contributed by atoms with Gasteiger partial charge in [-0.05, 0) is 35.9 Å². The number of carboxylic acids is 1. The summed E-state index contributed by atoms with van der Waals surface area (Å²) >= 11 is 3.36. The quantitative estimate of drug-likeness (QED) is 0.738. The molecular formula is C13H17BrO4. The molecule has 0 amide bonds. The molecule has 1 unspecified atom stereocenters. The van der Waals surface area contributed by atoms with Crippen LogP contribution in [0, 0.1) is 0 Å². The summed E-state index contributed by atoms with van der Waals surface area (Å²) in [6, 6.07) is 0. The maximum Gasteiger partial charge on any atom is 0.303 e. The van der Waals surface area contributed by atoms with Crippen LogP contribution in [-0.4, -0.2) is 27.6 Å². The zero-order valence-electron chi connectivity index (χ0n) is 10.3. The number of hydrogen-bond acceptors (Lipinski definition) is 3. The fraction of sp³-hybridized carbons (Fsp3) is 0.538. The van der Waals surface area contributed by atoms with E-state index in [1.54, 1.807) is 13.0 Å². The van der Waals surface area contributed by atoms with Crippen molar-refractivity contribution in [3.05, 3.63) is 22.2 Å². The lowest BCUT2D eigenvalue weighted by molar-refractivity contribution is -0.137. The molecule has 0 saturated heterocycles. The third-order valence-corrected chi connectivity index (χ3v) is 3.29. The van der Waals surface area contributed by atoms with Crippen molar-refractivity contribution >= 4 is 27.7 Å². The minimum absolute atomic E-state index is 0.0316. The molecule has 2 N–H and O–H groups in total. The fourth-order valence-electron chi connectivity index (χ4n) is 1.86. The largest absolute Gasteiger partial charge is 0.481 e. The molecule has 0 spiro atoms. The van der Waals surface area contributed by atoms with Gasteiger partial charge in [0.1, 0.15) is 0 Å². The monoisotopic (exact) mass is 316 g/mol. The number of rotatable bonds is 6. The van der Waals surface area contributed by atoms with Crippen LogP contribution in [-0.2, 0) is 9.59 Å². The van der Waals surface area contributed by atoms with Gasteiger partial charge in [0.15, 0.2) is 5.78 Å². The molecule has 100 valence electrons. The first kappa shape index (κ1) is 15.1. The van der Waals surface area contributed by atoms with Crippen molar-refractivity contribution in [3.63, 3.8) is 0 Å². The van der Waals surface area contributed by atoms with E-state index >= 15 is 0 Å². The topological polar surface area (TPSA) is 74.6 Å². The molecule has 1 aliphatic rings. The second-order valence-electron chi connectivity index (χ2n) is 4.74. The van der Waals surface area contributed by atoms with Gasteiger partial charge in [-0.15, -0.1) is 0 Å². The number of ketones is 1. The highest BCUT2D eigenvalue weighted by atomic mass is 79.9. The van der Waals surface area contributed by atoms with Gasteiger partial charge in [-0.25, -0.2) is 0 Å². The van der Waals surface area contributed by atoms with E-state index in [-0.39, 0.29) is 18.6 Å². The number of carbonyl (C=O) groups excluding carboxylic acids is 1. The molecule has 0 aromatic heterocycles. The molecule has 1 atom stereocenters. The van der Waals surface area contributed by atoms with Gasteiger partial charge >= 0.3 is 5.97 Å². The summed E-state index contributed by atoms with van der Waals surface area (Å²) in [7, 11) is 0. The van der Waals surface area contributed by atoms with Crippen molar-refractivity contribution in [1.82, 2.24) is 0 Å². The molecule has 0 saturated carbocycles. The Balaban J connectivity index is 2.45. The Labute approximate surface area is 115 Å². The summed E-state index contributed by atoms with van der Waals surface area (Å²) < 4.78 is 0.852. The molecule has 0 fully saturated rings. The van der Waals surface area contributed by atoms with Crippen molar-refractivity contribution in [2.45, 2.75) is 44.6 Å². The van der Waals surface area contributed by atoms with Crippen LogP contribution in [0.5, 0.6) is 0 Å². The SMILES string of the molecule is CC1(O)C=C(C/C(Br)=C/CCCC(=O)O)C(=O)C1. The van der Waals surface area contributed by atoms with Gasteiger partial charge in [0.2, 0.25) is 0 Å². The molecule has 0 aromatic rings. The van der Waals surface area contributed by atoms with Crippen LogP contribution < -0.4 is 0 Å². The third-order valence-electron chi connectivity index (χ3n) is 2.68. The number of unbranched alkanes of at least 4 members (excludes halogenated alkanes) is 1. The van der Waals surface area contributed by atoms with Crippen molar-refractivity contribution in [3.8, 4) is 0 Å². The van der Waals surface area contributed by atoms with Crippen LogP contribution in [0.4, 0.5) is 0 Å². The lowest BCUT2D eigenvalue weighted by atomic mass is 10.1. The Bertz CT molecular complexity index is 407. The molecular weight excluding hydrogens is 300 g/mol. The van der Waals surface area contributed by atoms with Gasteiger partial charge < -0.3 is 10.2 Å². The highest BCUT2D eigenvalue weighted by Gasteiger charge is 2.31. The molecule has 18 heavy (non-hydrogen) atoms. The number of aliphatic carboxylic acids is 1. The number of allylic oxidation sites excluding steroid dienone is 3. The first-order valence-electron chi connectivity index (χ1n) is 5.84. The predicted molar refractivity (Wildman–Crippen MR) is 71.4 cm³/mol. The van der Waals surface area contributed by atoms with Crippen LogP contribution in [0.2, 0.25) is 0 Å². The summed E-state index contributed by atoms with van der Waals surface area (Å²) in [5.41, 5.74) is -0.412. The van der Waals surface area contributed by atoms with Gasteiger partial charge in [0.25, 0.3) is 0 Å². The van der Waals surface area contributed by atoms with E-state index in [4.69, 9.17) is 5.11 Å². The summed E-state index contributed by atoms with van der Waals surface area (Å²) in [6.07, 6.45) is 5.46. The molecule has 4 nitrogen and oxygen atoms in total. The number of carbonyl (C=O) groups is 2. The average molecular weight is 317 g/mol. The minimum atomic E-state index is -1.02. The zero-order chi connectivity index (χ0) is 13.8. The molecule has 0 radical (unpaired) electrons. The molecule has 1 rings (SSSR count). The van der Waals surface area contributed by atoms with E-state index in [1.807, 2.05) is 6.08 Å². The Kier molecular flexibility index (Phi) is 5.28. The van der Waals surface area contributed by atoms with Crippen LogP contribution in [0.25, 0.3) is 0 Å². The second kappa shape index (κ2) is 6.29. The van der Waals surface area contributed by atoms with Crippen LogP contribution >= 0.6 is 15.9 Å². The van der Waals surface area contributed by atoms with E-state index in [9.17, 15) is 14.7 Å². The number of halogens is 1. The van der Waals surface area contributed by atoms with Crippen LogP contribution in [0.3, 0.4) is 0 Å². The van der Waals surface area contributed by atoms with Gasteiger partial charge in [0.05, 0.1) is 5.60 Å². The van der Waals surface area contributed by atoms with E-state index in [1.165, 1.54) is 0 Å². The summed E-state index contributed by atoms with van der Waals surface area (Å²) in [6.45, 7) is 1.61. The number of hydrogen-bond donors (Lipinski definition) is 2. The summed E-state index contributed by atoms with van der Waals surface area (Å²) in [5, 5.41) is 18.2. The van der Waals surface area contributed by atoms with Gasteiger partial charge in [-0.1, -0.05) is 22.0 Å². The summed E-state index contributed by atoms with van der Waals surface area (Å²) in [4.78, 5) is 21.9. The van der Waals surface area contributed by atoms with Crippen molar-refractivity contribution < 1.29 is 19.8 Å². The maximum atomic E-state index is 11.6. The number of Topliss-reactive ketones (excluding diaryl/α,β-unsaturated/α-hetero) is 1. The predicted octanol–water partition coefficient (Wildman–Crippen LogP) is 2.56. The molecule has 0 bridgehead atoms. The Morgan fingerprint density at radius 3 is 2.78 bits per heavy atom. The standard InChI is InChI=1S/C13H17BrO4/c1-13(18)7-9(11(15)8-13)6-10(14)4-2-3-5-12(16)17/h4,7,18H,2-3,5-6,8H2,1H3,(H,16,17)/b10-4-. The van der Waals surface area contributed by atoms with Crippen LogP contribution in [0.15, 0.2) is 22.2 Å². The minimum Gasteiger partial charge on any atom is -0.481 e. The lowest BCUT2D eigenvalue weighted by Gasteiger charge is -2.09. The Morgan fingerprint density at radius 2 is 2.28 bits per heavy atom. The van der Waals surface area contributed by atoms with Gasteiger partial charge in [-0.2, -0.15) is 0 Å². The highest BCUT2D eigenvalue weighted by molar-refractivity contribution is 9.11. The first-order valence-corrected chi connectivity index (χ1v) is 6.63. The number of aliphatic hydroxyl groups is 1. The average Bonchev–Trinajstić information content (AvgIpc) is 2.46. The van der Waals surface area contributed by atoms with E-state index in [0.717, 1.165) is 4.48 Å². The zero-order valence-corrected chi connectivity index (χ0v) is 11.9. The fourth-order valence-corrected chi connectivity index (χ4v) is 2.39. The summed E-state index contributed by atoms with van der Waals surface area (Å²) in [5.74, 6) is -0.833. The first-order chi connectivity index (χ1) is 8.30. The molecule has 0 aromatic carbocycles. The van der Waals surface area contributed by atoms with Gasteiger partial charge in [-0.3, -0.25) is 9.59 Å². The van der Waals surface area contributed by atoms with E-state index < -0.39 is 11.6 Å². The molecule has 5 heteroatoms. The van der Waals surface area contributed by atoms with E-state index in [0.29, 0.717) is 24.8 Å². The van der Waals surface area contributed by atoms with Gasteiger partial charge in [0, 0.05) is 19.3 Å². The van der Waals surface area contributed by atoms with E-state index in [2.05, 4.69) is 15.9 Å². The third kappa shape index (κ3) is 5.14. The highest BCUT2D eigenvalue weighted by Crippen LogP contribution is 2.30. The molecule has 0 aliphatic heterocycles. The maximum absolute atomic E-state index is 11.6. The number of carboxylic acid groups (broad SMARTS) is 1. The molecule has 1 aliphatic carbocycles. The van der Waals surface area contributed by atoms with Crippen molar-refractivity contribution in [2.24, 2.45) is 0 Å². The lowest BCUT2D eigenvalue weighted by Crippen LogP contribution is -2.18. The van der Waals surface area contributed by atoms with Crippen LogP contribution in [0.1, 0.15) is 39.0 Å². The second-order valence-corrected chi connectivity index (χ2v) is 5.76. The van der Waals surface area contributed by atoms with Crippen molar-refractivity contribution in [2.75, 3.05) is 0 Å². The smallest absolute Gasteiger partial charge is 0.303 e. The molecule has 0 heterocycles. The van der Waals surface area contributed by atoms with Crippen molar-refractivity contribution in [1.29, 1.82) is 0 Å². The normalized spacial score (nSPS) is 24.3.